The molecule has 1 aromatic carbocycles. The smallest absolute Gasteiger partial charge is 0.226 e. The van der Waals surface area contributed by atoms with Crippen LogP contribution >= 0.6 is 11.6 Å². The Morgan fingerprint density at radius 1 is 1.27 bits per heavy atom. The van der Waals surface area contributed by atoms with E-state index < -0.39 is 0 Å². The van der Waals surface area contributed by atoms with Crippen molar-refractivity contribution in [3.05, 3.63) is 41.2 Å². The summed E-state index contributed by atoms with van der Waals surface area (Å²) in [4.78, 5) is 4.20. The zero-order valence-electron chi connectivity index (χ0n) is 9.12. The molecule has 1 heterocycles. The minimum Gasteiger partial charge on any atom is -0.444 e. The fourth-order valence-electron chi connectivity index (χ4n) is 1.11. The third-order valence-electron chi connectivity index (χ3n) is 1.69. The van der Waals surface area contributed by atoms with Gasteiger partial charge in [0, 0.05) is 10.6 Å². The van der Waals surface area contributed by atoms with Gasteiger partial charge in [-0.2, -0.15) is 0 Å². The van der Waals surface area contributed by atoms with Crippen molar-refractivity contribution in [1.82, 2.24) is 4.98 Å². The average Bonchev–Trinajstić information content (AvgIpc) is 2.68. The fraction of sp³-hybridized carbons (Fsp3) is 0.250. The van der Waals surface area contributed by atoms with Crippen molar-refractivity contribution in [3.63, 3.8) is 0 Å². The Morgan fingerprint density at radius 3 is 2.53 bits per heavy atom. The summed E-state index contributed by atoms with van der Waals surface area (Å²) in [6.07, 6.45) is 1.62. The number of aromatic nitrogens is 1. The monoisotopic (exact) mass is 223 g/mol. The Balaban J connectivity index is 0.000000531. The van der Waals surface area contributed by atoms with Gasteiger partial charge in [0.2, 0.25) is 5.89 Å². The molecule has 3 heteroatoms. The van der Waals surface area contributed by atoms with Gasteiger partial charge in [-0.3, -0.25) is 0 Å². The van der Waals surface area contributed by atoms with E-state index in [4.69, 9.17) is 16.0 Å². The van der Waals surface area contributed by atoms with Crippen LogP contribution in [0.3, 0.4) is 0 Å². The van der Waals surface area contributed by atoms with Crippen molar-refractivity contribution in [1.29, 1.82) is 0 Å². The topological polar surface area (TPSA) is 26.0 Å². The second-order valence-electron chi connectivity index (χ2n) is 2.80. The van der Waals surface area contributed by atoms with E-state index in [0.29, 0.717) is 10.9 Å². The van der Waals surface area contributed by atoms with E-state index in [1.807, 2.05) is 45.0 Å². The number of oxazole rings is 1. The van der Waals surface area contributed by atoms with Crippen LogP contribution < -0.4 is 0 Å². The molecule has 2 nitrogen and oxygen atoms in total. The van der Waals surface area contributed by atoms with Gasteiger partial charge in [-0.25, -0.2) is 4.98 Å². The molecule has 0 spiro atoms. The molecule has 0 aliphatic carbocycles. The first kappa shape index (κ1) is 11.8. The number of nitrogens with zero attached hydrogens (tertiary/aromatic N) is 1. The van der Waals surface area contributed by atoms with Gasteiger partial charge in [0.25, 0.3) is 0 Å². The lowest BCUT2D eigenvalue weighted by atomic mass is 10.2. The second kappa shape index (κ2) is 5.56. The van der Waals surface area contributed by atoms with Crippen LogP contribution in [0.2, 0.25) is 5.02 Å². The molecule has 0 N–H and O–H groups in total. The van der Waals surface area contributed by atoms with Crippen LogP contribution in [-0.2, 0) is 0 Å². The van der Waals surface area contributed by atoms with Crippen molar-refractivity contribution in [2.24, 2.45) is 0 Å². The fourth-order valence-corrected chi connectivity index (χ4v) is 1.30. The summed E-state index contributed by atoms with van der Waals surface area (Å²) in [7, 11) is 0. The molecule has 0 fully saturated rings. The molecular weight excluding hydrogens is 210 g/mol. The molecule has 80 valence electrons. The molecule has 0 unspecified atom stereocenters. The number of hydrogen-bond acceptors (Lipinski definition) is 2. The zero-order chi connectivity index (χ0) is 11.3. The van der Waals surface area contributed by atoms with E-state index in [0.717, 1.165) is 11.3 Å². The molecular formula is C12H14ClNO. The summed E-state index contributed by atoms with van der Waals surface area (Å²) >= 11 is 5.83. The van der Waals surface area contributed by atoms with E-state index >= 15 is 0 Å². The largest absolute Gasteiger partial charge is 0.444 e. The Labute approximate surface area is 94.9 Å². The third kappa shape index (κ3) is 3.10. The van der Waals surface area contributed by atoms with Gasteiger partial charge < -0.3 is 4.42 Å². The van der Waals surface area contributed by atoms with Gasteiger partial charge in [0.15, 0.2) is 0 Å². The lowest BCUT2D eigenvalue weighted by Crippen LogP contribution is -1.77. The van der Waals surface area contributed by atoms with E-state index in [1.54, 1.807) is 6.26 Å². The number of hydrogen-bond donors (Lipinski definition) is 0. The molecule has 15 heavy (non-hydrogen) atoms. The molecule has 0 saturated heterocycles. The van der Waals surface area contributed by atoms with Crippen LogP contribution in [0.1, 0.15) is 19.5 Å². The minimum atomic E-state index is 0.611. The summed E-state index contributed by atoms with van der Waals surface area (Å²) < 4.78 is 5.24. The van der Waals surface area contributed by atoms with Crippen LogP contribution in [0.15, 0.2) is 34.9 Å². The highest BCUT2D eigenvalue weighted by Crippen LogP contribution is 2.21. The van der Waals surface area contributed by atoms with Crippen LogP contribution in [0.5, 0.6) is 0 Å². The Hall–Kier alpha value is -1.28. The molecule has 2 rings (SSSR count). The van der Waals surface area contributed by atoms with Gasteiger partial charge in [0.05, 0.1) is 5.69 Å². The minimum absolute atomic E-state index is 0.611. The summed E-state index contributed by atoms with van der Waals surface area (Å²) in [6.45, 7) is 5.89. The first-order chi connectivity index (χ1) is 7.25. The molecule has 2 aromatic rings. The molecule has 0 amide bonds. The normalized spacial score (nSPS) is 9.33. The van der Waals surface area contributed by atoms with Crippen LogP contribution in [0, 0.1) is 6.92 Å². The maximum absolute atomic E-state index is 5.83. The Bertz CT molecular complexity index is 423. The predicted octanol–water partition coefficient (Wildman–Crippen LogP) is 4.33. The summed E-state index contributed by atoms with van der Waals surface area (Å²) in [5, 5.41) is 0.688. The maximum atomic E-state index is 5.83. The number of benzene rings is 1. The van der Waals surface area contributed by atoms with Crippen molar-refractivity contribution < 1.29 is 4.42 Å². The standard InChI is InChI=1S/C10H8ClNO.C2H6/c1-7-6-13-10(12-7)8-3-2-4-9(11)5-8;1-2/h2-6H,1H3;1-2H3. The first-order valence-electron chi connectivity index (χ1n) is 4.94. The van der Waals surface area contributed by atoms with Crippen LogP contribution in [-0.4, -0.2) is 4.98 Å². The Morgan fingerprint density at radius 2 is 2.00 bits per heavy atom. The first-order valence-corrected chi connectivity index (χ1v) is 5.31. The number of aryl methyl sites for hydroxylation is 1. The summed E-state index contributed by atoms with van der Waals surface area (Å²) in [6, 6.07) is 7.43. The highest BCUT2D eigenvalue weighted by Gasteiger charge is 2.03. The van der Waals surface area contributed by atoms with Crippen molar-refractivity contribution in [2.45, 2.75) is 20.8 Å². The van der Waals surface area contributed by atoms with Gasteiger partial charge in [0.1, 0.15) is 6.26 Å². The highest BCUT2D eigenvalue weighted by molar-refractivity contribution is 6.30. The van der Waals surface area contributed by atoms with Crippen LogP contribution in [0.4, 0.5) is 0 Å². The zero-order valence-corrected chi connectivity index (χ0v) is 9.88. The number of rotatable bonds is 1. The molecule has 0 aliphatic heterocycles. The van der Waals surface area contributed by atoms with E-state index in [9.17, 15) is 0 Å². The molecule has 0 radical (unpaired) electrons. The van der Waals surface area contributed by atoms with Gasteiger partial charge in [-0.1, -0.05) is 31.5 Å². The summed E-state index contributed by atoms with van der Waals surface area (Å²) in [5.41, 5.74) is 1.77. The van der Waals surface area contributed by atoms with Crippen molar-refractivity contribution in [3.8, 4) is 11.5 Å². The highest BCUT2D eigenvalue weighted by atomic mass is 35.5. The maximum Gasteiger partial charge on any atom is 0.226 e. The predicted molar refractivity (Wildman–Crippen MR) is 63.0 cm³/mol. The quantitative estimate of drug-likeness (QED) is 0.719. The average molecular weight is 224 g/mol. The van der Waals surface area contributed by atoms with Crippen molar-refractivity contribution >= 4 is 11.6 Å². The number of halogens is 1. The van der Waals surface area contributed by atoms with Gasteiger partial charge >= 0.3 is 0 Å². The van der Waals surface area contributed by atoms with E-state index in [-0.39, 0.29) is 0 Å². The molecule has 0 bridgehead atoms. The van der Waals surface area contributed by atoms with Gasteiger partial charge in [-0.05, 0) is 25.1 Å². The molecule has 1 aromatic heterocycles. The van der Waals surface area contributed by atoms with E-state index in [1.165, 1.54) is 0 Å². The summed E-state index contributed by atoms with van der Waals surface area (Å²) in [5.74, 6) is 0.611. The van der Waals surface area contributed by atoms with Crippen LogP contribution in [0.25, 0.3) is 11.5 Å². The second-order valence-corrected chi connectivity index (χ2v) is 3.24. The third-order valence-corrected chi connectivity index (χ3v) is 1.93. The van der Waals surface area contributed by atoms with E-state index in [2.05, 4.69) is 4.98 Å². The molecule has 0 aliphatic rings. The SMILES string of the molecule is CC.Cc1coc(-c2cccc(Cl)c2)n1. The van der Waals surface area contributed by atoms with Crippen molar-refractivity contribution in [2.75, 3.05) is 0 Å². The molecule has 0 saturated carbocycles. The lowest BCUT2D eigenvalue weighted by Gasteiger charge is -1.94. The Kier molecular flexibility index (Phi) is 4.37. The van der Waals surface area contributed by atoms with Gasteiger partial charge in [-0.15, -0.1) is 0 Å². The molecule has 0 atom stereocenters. The lowest BCUT2D eigenvalue weighted by molar-refractivity contribution is 0.573.